The molecule has 1 aromatic heterocycles. The smallest absolute Gasteiger partial charge is 0.0553 e. The van der Waals surface area contributed by atoms with Gasteiger partial charge in [-0.1, -0.05) is 34.1 Å². The molecule has 1 aliphatic heterocycles. The summed E-state index contributed by atoms with van der Waals surface area (Å²) < 4.78 is 0. The summed E-state index contributed by atoms with van der Waals surface area (Å²) in [5, 5.41) is 3.32. The van der Waals surface area contributed by atoms with E-state index in [0.29, 0.717) is 0 Å². The summed E-state index contributed by atoms with van der Waals surface area (Å²) in [6, 6.07) is 4.09. The van der Waals surface area contributed by atoms with E-state index in [2.05, 4.69) is 35.1 Å². The normalized spacial score (nSPS) is 14.0. The Bertz CT molecular complexity index is 243. The van der Waals surface area contributed by atoms with Crippen LogP contribution in [0.1, 0.15) is 34.1 Å². The average molecular weight is 237 g/mol. The zero-order valence-corrected chi connectivity index (χ0v) is 11.7. The van der Waals surface area contributed by atoms with Crippen molar-refractivity contribution in [1.29, 1.82) is 0 Å². The molecule has 0 aromatic carbocycles. The fourth-order valence-electron chi connectivity index (χ4n) is 1.46. The maximum atomic E-state index is 4.10. The van der Waals surface area contributed by atoms with Crippen LogP contribution in [0.25, 0.3) is 0 Å². The van der Waals surface area contributed by atoms with Crippen molar-refractivity contribution in [2.24, 2.45) is 0 Å². The van der Waals surface area contributed by atoms with Crippen LogP contribution in [0.2, 0.25) is 0 Å². The van der Waals surface area contributed by atoms with Crippen LogP contribution in [0.3, 0.4) is 0 Å². The summed E-state index contributed by atoms with van der Waals surface area (Å²) in [4.78, 5) is 6.45. The first-order valence-corrected chi connectivity index (χ1v) is 6.74. The summed E-state index contributed by atoms with van der Waals surface area (Å²) in [7, 11) is 0. The lowest BCUT2D eigenvalue weighted by atomic mass is 10.3. The molecule has 0 amide bonds. The molecule has 0 saturated carbocycles. The van der Waals surface area contributed by atoms with Crippen LogP contribution in [0.15, 0.2) is 24.5 Å². The van der Waals surface area contributed by atoms with E-state index in [1.165, 1.54) is 12.1 Å². The summed E-state index contributed by atoms with van der Waals surface area (Å²) in [5.41, 5.74) is 1.24. The largest absolute Gasteiger partial charge is 0.368 e. The first-order chi connectivity index (χ1) is 8.38. The molecular formula is C14H27N3. The summed E-state index contributed by atoms with van der Waals surface area (Å²) >= 11 is 0. The zero-order chi connectivity index (χ0) is 12.9. The summed E-state index contributed by atoms with van der Waals surface area (Å²) in [5.74, 6) is 0. The van der Waals surface area contributed by atoms with Crippen molar-refractivity contribution in [3.8, 4) is 0 Å². The number of anilines is 1. The van der Waals surface area contributed by atoms with Crippen LogP contribution in [0.4, 0.5) is 5.69 Å². The molecule has 0 atom stereocenters. The Kier molecular flexibility index (Phi) is 10.7. The van der Waals surface area contributed by atoms with E-state index in [9.17, 15) is 0 Å². The van der Waals surface area contributed by atoms with Gasteiger partial charge in [0.05, 0.1) is 11.9 Å². The Morgan fingerprint density at radius 1 is 1.24 bits per heavy atom. The summed E-state index contributed by atoms with van der Waals surface area (Å²) in [6.07, 6.45) is 4.98. The number of nitrogens with zero attached hydrogens (tertiary/aromatic N) is 2. The van der Waals surface area contributed by atoms with Crippen molar-refractivity contribution in [3.63, 3.8) is 0 Å². The topological polar surface area (TPSA) is 28.2 Å². The molecule has 0 spiro atoms. The van der Waals surface area contributed by atoms with E-state index in [1.54, 1.807) is 0 Å². The van der Waals surface area contributed by atoms with Crippen LogP contribution < -0.4 is 10.2 Å². The lowest BCUT2D eigenvalue weighted by molar-refractivity contribution is 0.589. The number of nitrogens with one attached hydrogen (secondary N) is 1. The van der Waals surface area contributed by atoms with E-state index in [0.717, 1.165) is 26.2 Å². The second-order valence-corrected chi connectivity index (χ2v) is 3.66. The molecule has 2 rings (SSSR count). The van der Waals surface area contributed by atoms with Crippen molar-refractivity contribution in [2.45, 2.75) is 34.1 Å². The van der Waals surface area contributed by atoms with Gasteiger partial charge in [-0.2, -0.15) is 0 Å². The molecule has 17 heavy (non-hydrogen) atoms. The van der Waals surface area contributed by atoms with Gasteiger partial charge in [0.1, 0.15) is 0 Å². The standard InChI is InChI=1S/C9H13N3.C3H8.C2H6/c1-2-9(8-11-3-1)12-6-4-10-5-7-12;1-3-2;1-2/h1-3,8,10H,4-7H2;3H2,1-2H3;1-2H3. The molecule has 0 bridgehead atoms. The maximum absolute atomic E-state index is 4.10. The van der Waals surface area contributed by atoms with Crippen molar-refractivity contribution >= 4 is 5.69 Å². The number of pyridine rings is 1. The SMILES string of the molecule is CC.CCC.c1cncc(N2CCNCC2)c1. The molecule has 2 heterocycles. The fraction of sp³-hybridized carbons (Fsp3) is 0.643. The number of hydrogen-bond acceptors (Lipinski definition) is 3. The minimum atomic E-state index is 1.08. The monoisotopic (exact) mass is 237 g/mol. The van der Waals surface area contributed by atoms with Crippen molar-refractivity contribution in [2.75, 3.05) is 31.1 Å². The Morgan fingerprint density at radius 2 is 1.82 bits per heavy atom. The Hall–Kier alpha value is -1.09. The highest BCUT2D eigenvalue weighted by Crippen LogP contribution is 2.11. The molecule has 1 aliphatic rings. The maximum Gasteiger partial charge on any atom is 0.0553 e. The molecule has 0 radical (unpaired) electrons. The van der Waals surface area contributed by atoms with Crippen LogP contribution >= 0.6 is 0 Å². The number of aromatic nitrogens is 1. The number of rotatable bonds is 1. The third-order valence-corrected chi connectivity index (χ3v) is 2.13. The van der Waals surface area contributed by atoms with Crippen LogP contribution in [-0.2, 0) is 0 Å². The molecular weight excluding hydrogens is 210 g/mol. The Balaban J connectivity index is 0.000000450. The molecule has 1 saturated heterocycles. The van der Waals surface area contributed by atoms with E-state index in [1.807, 2.05) is 32.3 Å². The molecule has 1 N–H and O–H groups in total. The van der Waals surface area contributed by atoms with Gasteiger partial charge >= 0.3 is 0 Å². The number of piperazine rings is 1. The highest BCUT2D eigenvalue weighted by Gasteiger charge is 2.08. The fourth-order valence-corrected chi connectivity index (χ4v) is 1.46. The molecule has 3 heteroatoms. The predicted molar refractivity (Wildman–Crippen MR) is 76.6 cm³/mol. The molecule has 3 nitrogen and oxygen atoms in total. The van der Waals surface area contributed by atoms with Crippen molar-refractivity contribution in [1.82, 2.24) is 10.3 Å². The Morgan fingerprint density at radius 3 is 2.29 bits per heavy atom. The molecule has 1 fully saturated rings. The van der Waals surface area contributed by atoms with Gasteiger partial charge in [0.2, 0.25) is 0 Å². The molecule has 98 valence electrons. The van der Waals surface area contributed by atoms with Crippen LogP contribution in [0, 0.1) is 0 Å². The van der Waals surface area contributed by atoms with Crippen molar-refractivity contribution < 1.29 is 0 Å². The lowest BCUT2D eigenvalue weighted by Gasteiger charge is -2.28. The second kappa shape index (κ2) is 11.4. The van der Waals surface area contributed by atoms with Gasteiger partial charge in [0.15, 0.2) is 0 Å². The average Bonchev–Trinajstić information content (AvgIpc) is 2.44. The minimum absolute atomic E-state index is 1.08. The van der Waals surface area contributed by atoms with Gasteiger partial charge in [-0.15, -0.1) is 0 Å². The first kappa shape index (κ1) is 15.9. The van der Waals surface area contributed by atoms with E-state index in [4.69, 9.17) is 0 Å². The first-order valence-electron chi connectivity index (χ1n) is 6.74. The van der Waals surface area contributed by atoms with Gasteiger partial charge in [0.25, 0.3) is 0 Å². The molecule has 1 aromatic rings. The third-order valence-electron chi connectivity index (χ3n) is 2.13. The molecule has 0 aliphatic carbocycles. The van der Waals surface area contributed by atoms with E-state index >= 15 is 0 Å². The zero-order valence-electron chi connectivity index (χ0n) is 11.7. The van der Waals surface area contributed by atoms with Gasteiger partial charge < -0.3 is 10.2 Å². The quantitative estimate of drug-likeness (QED) is 0.814. The number of hydrogen-bond donors (Lipinski definition) is 1. The second-order valence-electron chi connectivity index (χ2n) is 3.66. The highest BCUT2D eigenvalue weighted by molar-refractivity contribution is 5.43. The third kappa shape index (κ3) is 6.95. The van der Waals surface area contributed by atoms with Gasteiger partial charge in [-0.3, -0.25) is 4.98 Å². The van der Waals surface area contributed by atoms with Crippen LogP contribution in [-0.4, -0.2) is 31.2 Å². The lowest BCUT2D eigenvalue weighted by Crippen LogP contribution is -2.43. The van der Waals surface area contributed by atoms with Gasteiger partial charge in [-0.25, -0.2) is 0 Å². The van der Waals surface area contributed by atoms with Gasteiger partial charge in [-0.05, 0) is 12.1 Å². The van der Waals surface area contributed by atoms with E-state index in [-0.39, 0.29) is 0 Å². The predicted octanol–water partition coefficient (Wildman–Crippen LogP) is 2.93. The van der Waals surface area contributed by atoms with Crippen LogP contribution in [0.5, 0.6) is 0 Å². The van der Waals surface area contributed by atoms with Crippen molar-refractivity contribution in [3.05, 3.63) is 24.5 Å². The molecule has 0 unspecified atom stereocenters. The van der Waals surface area contributed by atoms with E-state index < -0.39 is 0 Å². The minimum Gasteiger partial charge on any atom is -0.368 e. The van der Waals surface area contributed by atoms with Gasteiger partial charge in [0, 0.05) is 32.4 Å². The summed E-state index contributed by atoms with van der Waals surface area (Å²) in [6.45, 7) is 12.6. The Labute approximate surface area is 106 Å². The highest BCUT2D eigenvalue weighted by atomic mass is 15.2.